The van der Waals surface area contributed by atoms with Gasteiger partial charge in [-0.1, -0.05) is 11.6 Å². The molecule has 1 heterocycles. The average Bonchev–Trinajstić information content (AvgIpc) is 2.23. The Labute approximate surface area is 90.7 Å². The van der Waals surface area contributed by atoms with Gasteiger partial charge in [0.2, 0.25) is 0 Å². The topological polar surface area (TPSA) is 51.8 Å². The number of nitrogen functional groups attached to an aromatic ring is 1. The zero-order valence-electron chi connectivity index (χ0n) is 7.61. The molecule has 1 aromatic carbocycles. The van der Waals surface area contributed by atoms with Crippen molar-refractivity contribution in [1.82, 2.24) is 9.97 Å². The Balaban J connectivity index is 2.53. The van der Waals surface area contributed by atoms with Crippen molar-refractivity contribution in [2.24, 2.45) is 0 Å². The fourth-order valence-electron chi connectivity index (χ4n) is 1.18. The molecule has 2 N–H and O–H groups in total. The number of benzene rings is 1. The Morgan fingerprint density at radius 1 is 1.20 bits per heavy atom. The molecule has 76 valence electrons. The summed E-state index contributed by atoms with van der Waals surface area (Å²) in [5.74, 6) is -0.0366. The van der Waals surface area contributed by atoms with E-state index >= 15 is 0 Å². The maximum Gasteiger partial charge on any atom is 0.155 e. The van der Waals surface area contributed by atoms with E-state index in [0.29, 0.717) is 11.3 Å². The van der Waals surface area contributed by atoms with Crippen molar-refractivity contribution in [2.75, 3.05) is 5.73 Å². The molecule has 15 heavy (non-hydrogen) atoms. The first-order chi connectivity index (χ1) is 7.16. The van der Waals surface area contributed by atoms with Gasteiger partial charge in [-0.25, -0.2) is 14.4 Å². The molecule has 2 aromatic rings. The Morgan fingerprint density at radius 2 is 1.87 bits per heavy atom. The molecular formula is C10H7ClFN3. The highest BCUT2D eigenvalue weighted by molar-refractivity contribution is 6.31. The molecule has 2 rings (SSSR count). The van der Waals surface area contributed by atoms with E-state index in [0.717, 1.165) is 0 Å². The van der Waals surface area contributed by atoms with E-state index in [1.165, 1.54) is 18.3 Å². The van der Waals surface area contributed by atoms with Crippen LogP contribution in [-0.2, 0) is 0 Å². The second-order valence-corrected chi connectivity index (χ2v) is 3.30. The highest BCUT2D eigenvalue weighted by Gasteiger charge is 2.06. The van der Waals surface area contributed by atoms with E-state index in [1.807, 2.05) is 0 Å². The fraction of sp³-hybridized carbons (Fsp3) is 0. The molecule has 0 aliphatic rings. The number of aromatic nitrogens is 2. The molecule has 0 fully saturated rings. The van der Waals surface area contributed by atoms with Gasteiger partial charge in [0, 0.05) is 5.56 Å². The minimum Gasteiger partial charge on any atom is -0.382 e. The lowest BCUT2D eigenvalue weighted by atomic mass is 10.1. The van der Waals surface area contributed by atoms with Gasteiger partial charge in [-0.3, -0.25) is 0 Å². The van der Waals surface area contributed by atoms with Crippen molar-refractivity contribution in [2.45, 2.75) is 0 Å². The maximum absolute atomic E-state index is 12.7. The average molecular weight is 224 g/mol. The van der Waals surface area contributed by atoms with Gasteiger partial charge in [0.25, 0.3) is 0 Å². The molecule has 0 aliphatic carbocycles. The van der Waals surface area contributed by atoms with E-state index in [2.05, 4.69) is 9.97 Å². The molecule has 0 bridgehead atoms. The summed E-state index contributed by atoms with van der Waals surface area (Å²) < 4.78 is 12.7. The lowest BCUT2D eigenvalue weighted by Gasteiger charge is -2.03. The number of anilines is 1. The molecule has 0 unspecified atom stereocenters. The third-order valence-electron chi connectivity index (χ3n) is 1.86. The molecule has 0 saturated heterocycles. The van der Waals surface area contributed by atoms with Gasteiger partial charge in [-0.05, 0) is 24.3 Å². The summed E-state index contributed by atoms with van der Waals surface area (Å²) in [5.41, 5.74) is 6.63. The first-order valence-corrected chi connectivity index (χ1v) is 4.58. The van der Waals surface area contributed by atoms with Crippen LogP contribution in [0.25, 0.3) is 11.3 Å². The number of rotatable bonds is 1. The van der Waals surface area contributed by atoms with E-state index in [-0.39, 0.29) is 16.8 Å². The van der Waals surface area contributed by atoms with Crippen LogP contribution in [0.2, 0.25) is 5.15 Å². The van der Waals surface area contributed by atoms with Crippen LogP contribution in [0, 0.1) is 5.82 Å². The molecule has 0 spiro atoms. The number of nitrogens with two attached hydrogens (primary N) is 1. The van der Waals surface area contributed by atoms with Gasteiger partial charge >= 0.3 is 0 Å². The molecule has 1 aromatic heterocycles. The van der Waals surface area contributed by atoms with Gasteiger partial charge in [0.15, 0.2) is 5.15 Å². The molecule has 5 heteroatoms. The van der Waals surface area contributed by atoms with Crippen molar-refractivity contribution in [3.8, 4) is 11.3 Å². The maximum atomic E-state index is 12.7. The molecular weight excluding hydrogens is 217 g/mol. The van der Waals surface area contributed by atoms with E-state index in [1.54, 1.807) is 12.1 Å². The van der Waals surface area contributed by atoms with Crippen LogP contribution in [0.15, 0.2) is 30.5 Å². The quantitative estimate of drug-likeness (QED) is 0.808. The fourth-order valence-corrected chi connectivity index (χ4v) is 1.38. The Bertz CT molecular complexity index is 485. The van der Waals surface area contributed by atoms with Crippen LogP contribution in [0.5, 0.6) is 0 Å². The van der Waals surface area contributed by atoms with Crippen molar-refractivity contribution < 1.29 is 4.39 Å². The van der Waals surface area contributed by atoms with Gasteiger partial charge in [0.05, 0.1) is 6.20 Å². The Hall–Kier alpha value is -1.68. The highest BCUT2D eigenvalue weighted by atomic mass is 35.5. The predicted octanol–water partition coefficient (Wildman–Crippen LogP) is 2.52. The minimum atomic E-state index is -0.313. The van der Waals surface area contributed by atoms with E-state index in [9.17, 15) is 4.39 Å². The lowest BCUT2D eigenvalue weighted by molar-refractivity contribution is 0.628. The normalized spacial score (nSPS) is 10.3. The summed E-state index contributed by atoms with van der Waals surface area (Å²) in [7, 11) is 0. The third-order valence-corrected chi connectivity index (χ3v) is 2.14. The largest absolute Gasteiger partial charge is 0.382 e. The predicted molar refractivity (Wildman–Crippen MR) is 56.8 cm³/mol. The molecule has 0 radical (unpaired) electrons. The summed E-state index contributed by atoms with van der Waals surface area (Å²) >= 11 is 5.85. The van der Waals surface area contributed by atoms with Crippen LogP contribution < -0.4 is 5.73 Å². The van der Waals surface area contributed by atoms with Crippen molar-refractivity contribution in [1.29, 1.82) is 0 Å². The summed E-state index contributed by atoms with van der Waals surface area (Å²) in [4.78, 5) is 7.90. The van der Waals surface area contributed by atoms with Crippen molar-refractivity contribution in [3.05, 3.63) is 41.4 Å². The lowest BCUT2D eigenvalue weighted by Crippen LogP contribution is -1.95. The van der Waals surface area contributed by atoms with Crippen molar-refractivity contribution >= 4 is 17.4 Å². The number of nitrogens with zero attached hydrogens (tertiary/aromatic N) is 2. The third kappa shape index (κ3) is 2.05. The van der Waals surface area contributed by atoms with Gasteiger partial charge in [0.1, 0.15) is 17.3 Å². The standard InChI is InChI=1S/C10H7ClFN3/c11-10-9(15-8(13)5-14-10)6-1-3-7(12)4-2-6/h1-5H,(H2,13,15). The zero-order valence-corrected chi connectivity index (χ0v) is 8.37. The molecule has 0 atom stereocenters. The second-order valence-electron chi connectivity index (χ2n) is 2.94. The van der Waals surface area contributed by atoms with Gasteiger partial charge < -0.3 is 5.73 Å². The Morgan fingerprint density at radius 3 is 2.53 bits per heavy atom. The summed E-state index contributed by atoms with van der Waals surface area (Å²) in [6.07, 6.45) is 1.37. The first-order valence-electron chi connectivity index (χ1n) is 4.21. The van der Waals surface area contributed by atoms with E-state index < -0.39 is 0 Å². The first kappa shape index (κ1) is 9.86. The molecule has 0 aliphatic heterocycles. The summed E-state index contributed by atoms with van der Waals surface area (Å²) in [5, 5.41) is 0.246. The summed E-state index contributed by atoms with van der Waals surface area (Å²) in [6.45, 7) is 0. The Kier molecular flexibility index (Phi) is 2.51. The van der Waals surface area contributed by atoms with Crippen LogP contribution in [0.1, 0.15) is 0 Å². The zero-order chi connectivity index (χ0) is 10.8. The SMILES string of the molecule is Nc1cnc(Cl)c(-c2ccc(F)cc2)n1. The number of hydrogen-bond acceptors (Lipinski definition) is 3. The van der Waals surface area contributed by atoms with Crippen LogP contribution in [0.3, 0.4) is 0 Å². The second kappa shape index (κ2) is 3.82. The minimum absolute atomic E-state index is 0.246. The van der Waals surface area contributed by atoms with E-state index in [4.69, 9.17) is 17.3 Å². The van der Waals surface area contributed by atoms with Crippen LogP contribution >= 0.6 is 11.6 Å². The van der Waals surface area contributed by atoms with Gasteiger partial charge in [-0.2, -0.15) is 0 Å². The molecule has 0 amide bonds. The van der Waals surface area contributed by atoms with Crippen LogP contribution in [-0.4, -0.2) is 9.97 Å². The highest BCUT2D eigenvalue weighted by Crippen LogP contribution is 2.24. The monoisotopic (exact) mass is 223 g/mol. The smallest absolute Gasteiger partial charge is 0.155 e. The van der Waals surface area contributed by atoms with Crippen molar-refractivity contribution in [3.63, 3.8) is 0 Å². The van der Waals surface area contributed by atoms with Gasteiger partial charge in [-0.15, -0.1) is 0 Å². The molecule has 0 saturated carbocycles. The molecule has 3 nitrogen and oxygen atoms in total. The summed E-state index contributed by atoms with van der Waals surface area (Å²) in [6, 6.07) is 5.81. The number of halogens is 2. The van der Waals surface area contributed by atoms with Crippen LogP contribution in [0.4, 0.5) is 10.2 Å². The number of hydrogen-bond donors (Lipinski definition) is 1.